The molecule has 0 saturated carbocycles. The second-order valence-corrected chi connectivity index (χ2v) is 9.37. The van der Waals surface area contributed by atoms with Crippen molar-refractivity contribution in [3.8, 4) is 11.5 Å². The highest BCUT2D eigenvalue weighted by Gasteiger charge is 2.62. The van der Waals surface area contributed by atoms with Gasteiger partial charge >= 0.3 is 29.9 Å². The minimum atomic E-state index is -2.80. The number of esters is 4. The lowest BCUT2D eigenvalue weighted by Crippen LogP contribution is -2.70. The van der Waals surface area contributed by atoms with Crippen molar-refractivity contribution in [1.29, 1.82) is 0 Å². The van der Waals surface area contributed by atoms with Crippen molar-refractivity contribution in [3.63, 3.8) is 0 Å². The van der Waals surface area contributed by atoms with Crippen LogP contribution in [0.2, 0.25) is 0 Å². The topological polar surface area (TPSA) is 185 Å². The van der Waals surface area contributed by atoms with Gasteiger partial charge in [-0.2, -0.15) is 0 Å². The molecule has 1 aliphatic heterocycles. The van der Waals surface area contributed by atoms with Crippen LogP contribution in [0, 0.1) is 0 Å². The number of carbonyl (C=O) groups is 4. The quantitative estimate of drug-likeness (QED) is 0.166. The summed E-state index contributed by atoms with van der Waals surface area (Å²) >= 11 is 0. The van der Waals surface area contributed by atoms with Crippen molar-refractivity contribution in [1.82, 2.24) is 5.32 Å². The summed E-state index contributed by atoms with van der Waals surface area (Å²) in [6, 6.07) is 5.99. The average Bonchev–Trinajstić information content (AvgIpc) is 2.84. The molecule has 1 unspecified atom stereocenters. The SMILES string of the molecule is CC(=O)OC[C@H]1O[C@@](O)(Oc2ccc(OCC(O)CNC(C)C)cc2)[C@H](OC(C)=O)[C@@H](OC(C)=O)[C@@H]1OC(C)=O. The summed E-state index contributed by atoms with van der Waals surface area (Å²) in [6.07, 6.45) is -7.07. The first-order valence-electron chi connectivity index (χ1n) is 12.6. The largest absolute Gasteiger partial charge is 0.491 e. The van der Waals surface area contributed by atoms with Gasteiger partial charge in [-0.3, -0.25) is 19.2 Å². The Hall–Kier alpha value is -3.46. The molecule has 0 spiro atoms. The number of aliphatic hydroxyl groups excluding tert-OH is 1. The molecular formula is C26H37NO13. The third-order valence-electron chi connectivity index (χ3n) is 5.31. The molecule has 2 rings (SSSR count). The van der Waals surface area contributed by atoms with E-state index in [1.54, 1.807) is 0 Å². The number of carbonyl (C=O) groups excluding carboxylic acids is 4. The van der Waals surface area contributed by atoms with Crippen LogP contribution < -0.4 is 14.8 Å². The molecule has 1 fully saturated rings. The lowest BCUT2D eigenvalue weighted by molar-refractivity contribution is -0.421. The minimum Gasteiger partial charge on any atom is -0.491 e. The monoisotopic (exact) mass is 571 g/mol. The summed E-state index contributed by atoms with van der Waals surface area (Å²) in [5, 5.41) is 24.6. The Morgan fingerprint density at radius 3 is 1.98 bits per heavy atom. The van der Waals surface area contributed by atoms with E-state index in [2.05, 4.69) is 5.32 Å². The van der Waals surface area contributed by atoms with E-state index in [1.807, 2.05) is 13.8 Å². The standard InChI is InChI=1S/C26H37NO13/c1-14(2)27-11-19(32)12-35-20-7-9-21(10-8-20)39-26(33)25(38-18(6)31)24(37-17(5)30)23(36-16(4)29)22(40-26)13-34-15(3)28/h7-10,14,19,22-25,27,32-33H,11-13H2,1-6H3/t19?,22-,23-,24+,25-,26+/m1/s1. The smallest absolute Gasteiger partial charge is 0.368 e. The molecule has 1 aliphatic rings. The van der Waals surface area contributed by atoms with E-state index in [-0.39, 0.29) is 18.4 Å². The highest BCUT2D eigenvalue weighted by atomic mass is 16.9. The first-order valence-corrected chi connectivity index (χ1v) is 12.6. The molecule has 14 heteroatoms. The van der Waals surface area contributed by atoms with E-state index in [1.165, 1.54) is 24.3 Å². The van der Waals surface area contributed by atoms with Crippen molar-refractivity contribution in [3.05, 3.63) is 24.3 Å². The zero-order valence-electron chi connectivity index (χ0n) is 23.3. The van der Waals surface area contributed by atoms with Gasteiger partial charge < -0.3 is 48.7 Å². The van der Waals surface area contributed by atoms with Gasteiger partial charge in [0.25, 0.3) is 0 Å². The molecule has 0 bridgehead atoms. The van der Waals surface area contributed by atoms with E-state index < -0.39 is 67.0 Å². The van der Waals surface area contributed by atoms with Crippen LogP contribution in [-0.4, -0.2) is 96.4 Å². The van der Waals surface area contributed by atoms with Crippen molar-refractivity contribution < 1.29 is 62.5 Å². The van der Waals surface area contributed by atoms with Gasteiger partial charge in [0.05, 0.1) is 0 Å². The van der Waals surface area contributed by atoms with Gasteiger partial charge in [-0.05, 0) is 24.3 Å². The third-order valence-corrected chi connectivity index (χ3v) is 5.31. The van der Waals surface area contributed by atoms with Gasteiger partial charge in [-0.15, -0.1) is 0 Å². The molecule has 1 aromatic rings. The van der Waals surface area contributed by atoms with Gasteiger partial charge in [0, 0.05) is 40.3 Å². The molecule has 3 N–H and O–H groups in total. The molecule has 0 amide bonds. The Kier molecular flexibility index (Phi) is 12.1. The number of nitrogens with one attached hydrogen (secondary N) is 1. The first-order chi connectivity index (χ1) is 18.7. The second kappa shape index (κ2) is 14.8. The number of hydrogen-bond donors (Lipinski definition) is 3. The maximum Gasteiger partial charge on any atom is 0.368 e. The predicted molar refractivity (Wildman–Crippen MR) is 135 cm³/mol. The van der Waals surface area contributed by atoms with E-state index in [4.69, 9.17) is 33.2 Å². The van der Waals surface area contributed by atoms with Crippen LogP contribution in [0.3, 0.4) is 0 Å². The van der Waals surface area contributed by atoms with E-state index in [0.29, 0.717) is 12.3 Å². The number of aliphatic hydroxyl groups is 2. The lowest BCUT2D eigenvalue weighted by atomic mass is 9.96. The van der Waals surface area contributed by atoms with Crippen molar-refractivity contribution in [2.75, 3.05) is 19.8 Å². The number of benzene rings is 1. The molecule has 1 saturated heterocycles. The van der Waals surface area contributed by atoms with Crippen LogP contribution in [-0.2, 0) is 42.9 Å². The van der Waals surface area contributed by atoms with Crippen LogP contribution in [0.25, 0.3) is 0 Å². The molecule has 0 aromatic heterocycles. The van der Waals surface area contributed by atoms with Crippen LogP contribution in [0.1, 0.15) is 41.5 Å². The number of hydrogen-bond acceptors (Lipinski definition) is 14. The van der Waals surface area contributed by atoms with Gasteiger partial charge in [-0.1, -0.05) is 13.8 Å². The molecule has 1 heterocycles. The lowest BCUT2D eigenvalue weighted by Gasteiger charge is -2.47. The van der Waals surface area contributed by atoms with Gasteiger partial charge in [-0.25, -0.2) is 0 Å². The molecule has 1 aromatic carbocycles. The summed E-state index contributed by atoms with van der Waals surface area (Å²) in [4.78, 5) is 47.2. The molecular weight excluding hydrogens is 534 g/mol. The van der Waals surface area contributed by atoms with Crippen LogP contribution in [0.15, 0.2) is 24.3 Å². The van der Waals surface area contributed by atoms with Gasteiger partial charge in [0.2, 0.25) is 6.10 Å². The fraction of sp³-hybridized carbons (Fsp3) is 0.615. The Balaban J connectivity index is 2.33. The molecule has 40 heavy (non-hydrogen) atoms. The van der Waals surface area contributed by atoms with E-state index in [0.717, 1.165) is 27.7 Å². The summed E-state index contributed by atoms with van der Waals surface area (Å²) in [7, 11) is 0. The highest BCUT2D eigenvalue weighted by Crippen LogP contribution is 2.36. The maximum absolute atomic E-state index is 12.0. The first kappa shape index (κ1) is 32.8. The fourth-order valence-corrected chi connectivity index (χ4v) is 3.72. The average molecular weight is 572 g/mol. The minimum absolute atomic E-state index is 0.00720. The maximum atomic E-state index is 12.0. The summed E-state index contributed by atoms with van der Waals surface area (Å²) in [5.74, 6) is -5.69. The summed E-state index contributed by atoms with van der Waals surface area (Å²) in [6.45, 7) is 8.02. The summed E-state index contributed by atoms with van der Waals surface area (Å²) in [5.41, 5.74) is 0. The highest BCUT2D eigenvalue weighted by molar-refractivity contribution is 5.68. The van der Waals surface area contributed by atoms with Gasteiger partial charge in [0.15, 0.2) is 12.2 Å². The third kappa shape index (κ3) is 10.3. The van der Waals surface area contributed by atoms with Crippen molar-refractivity contribution in [2.45, 2.75) is 84.1 Å². The Bertz CT molecular complexity index is 1010. The summed E-state index contributed by atoms with van der Waals surface area (Å²) < 4.78 is 37.7. The Morgan fingerprint density at radius 2 is 1.45 bits per heavy atom. The second-order valence-electron chi connectivity index (χ2n) is 9.37. The molecule has 6 atom stereocenters. The molecule has 224 valence electrons. The van der Waals surface area contributed by atoms with Crippen molar-refractivity contribution >= 4 is 23.9 Å². The van der Waals surface area contributed by atoms with Crippen molar-refractivity contribution in [2.24, 2.45) is 0 Å². The van der Waals surface area contributed by atoms with Crippen LogP contribution in [0.5, 0.6) is 11.5 Å². The molecule has 0 radical (unpaired) electrons. The fourth-order valence-electron chi connectivity index (χ4n) is 3.72. The zero-order chi connectivity index (χ0) is 30.0. The Labute approximate surface area is 231 Å². The number of ether oxygens (including phenoxy) is 7. The van der Waals surface area contributed by atoms with Gasteiger partial charge in [0.1, 0.15) is 36.9 Å². The van der Waals surface area contributed by atoms with E-state index in [9.17, 15) is 29.4 Å². The normalized spacial score (nSPS) is 24.9. The van der Waals surface area contributed by atoms with Crippen LogP contribution >= 0.6 is 0 Å². The molecule has 0 aliphatic carbocycles. The predicted octanol–water partition coefficient (Wildman–Crippen LogP) is 0.206. The zero-order valence-corrected chi connectivity index (χ0v) is 23.3. The molecule has 14 nitrogen and oxygen atoms in total. The number of rotatable bonds is 13. The van der Waals surface area contributed by atoms with E-state index >= 15 is 0 Å². The van der Waals surface area contributed by atoms with Crippen LogP contribution in [0.4, 0.5) is 0 Å². The Morgan fingerprint density at radius 1 is 0.900 bits per heavy atom.